The smallest absolute Gasteiger partial charge is 0.265 e. The number of amides is 1. The zero-order valence-corrected chi connectivity index (χ0v) is 9.80. The fourth-order valence-electron chi connectivity index (χ4n) is 1.01. The third kappa shape index (κ3) is 3.58. The molecule has 0 bridgehead atoms. The van der Waals surface area contributed by atoms with Gasteiger partial charge in [0.2, 0.25) is 0 Å². The Morgan fingerprint density at radius 3 is 3.00 bits per heavy atom. The summed E-state index contributed by atoms with van der Waals surface area (Å²) in [5.41, 5.74) is 5.35. The summed E-state index contributed by atoms with van der Waals surface area (Å²) in [7, 11) is 3.46. The second-order valence-corrected chi connectivity index (χ2v) is 4.40. The Labute approximate surface area is 93.3 Å². The second kappa shape index (κ2) is 5.79. The fraction of sp³-hybridized carbons (Fsp3) is 0.556. The number of rotatable bonds is 5. The third-order valence-corrected chi connectivity index (χ3v) is 2.75. The average molecular weight is 228 g/mol. The van der Waals surface area contributed by atoms with Crippen LogP contribution in [-0.4, -0.2) is 43.0 Å². The lowest BCUT2D eigenvalue weighted by Gasteiger charge is -2.06. The van der Waals surface area contributed by atoms with Crippen molar-refractivity contribution in [2.24, 2.45) is 5.73 Å². The number of hydrogen-bond donors (Lipinski definition) is 2. The maximum Gasteiger partial charge on any atom is 0.265 e. The Balaban J connectivity index is 2.52. The molecule has 0 aromatic carbocycles. The Morgan fingerprint density at radius 2 is 2.40 bits per heavy atom. The van der Waals surface area contributed by atoms with Crippen molar-refractivity contribution in [3.05, 3.63) is 16.1 Å². The van der Waals surface area contributed by atoms with Crippen molar-refractivity contribution >= 4 is 17.2 Å². The Bertz CT molecular complexity index is 324. The van der Waals surface area contributed by atoms with Gasteiger partial charge in [-0.25, -0.2) is 4.98 Å². The molecule has 5 nitrogen and oxygen atoms in total. The molecule has 0 atom stereocenters. The molecule has 1 rings (SSSR count). The van der Waals surface area contributed by atoms with E-state index in [0.717, 1.165) is 11.6 Å². The molecule has 0 spiro atoms. The van der Waals surface area contributed by atoms with Gasteiger partial charge in [-0.05, 0) is 0 Å². The van der Waals surface area contributed by atoms with Crippen LogP contribution in [0.1, 0.15) is 14.7 Å². The van der Waals surface area contributed by atoms with Crippen molar-refractivity contribution in [1.82, 2.24) is 15.2 Å². The Kier molecular flexibility index (Phi) is 4.67. The van der Waals surface area contributed by atoms with Gasteiger partial charge in [0.15, 0.2) is 0 Å². The molecule has 0 fully saturated rings. The van der Waals surface area contributed by atoms with Crippen LogP contribution in [0.2, 0.25) is 0 Å². The monoisotopic (exact) mass is 228 g/mol. The van der Waals surface area contributed by atoms with Gasteiger partial charge >= 0.3 is 0 Å². The van der Waals surface area contributed by atoms with Gasteiger partial charge in [0.25, 0.3) is 5.91 Å². The summed E-state index contributed by atoms with van der Waals surface area (Å²) in [5.74, 6) is -0.00225. The van der Waals surface area contributed by atoms with Crippen molar-refractivity contribution in [2.75, 3.05) is 27.2 Å². The minimum absolute atomic E-state index is 0.00225. The number of nitrogens with one attached hydrogen (secondary N) is 1. The fourth-order valence-corrected chi connectivity index (χ4v) is 1.92. The summed E-state index contributed by atoms with van der Waals surface area (Å²) in [6, 6.07) is 0. The van der Waals surface area contributed by atoms with E-state index in [2.05, 4.69) is 10.3 Å². The molecule has 1 aromatic heterocycles. The summed E-state index contributed by atoms with van der Waals surface area (Å²) in [6.45, 7) is 2.04. The molecule has 0 radical (unpaired) electrons. The highest BCUT2D eigenvalue weighted by Gasteiger charge is 2.11. The first-order valence-electron chi connectivity index (χ1n) is 4.72. The lowest BCUT2D eigenvalue weighted by molar-refractivity contribution is 0.0832. The van der Waals surface area contributed by atoms with E-state index in [1.807, 2.05) is 0 Å². The zero-order chi connectivity index (χ0) is 11.3. The third-order valence-electron chi connectivity index (χ3n) is 1.77. The summed E-state index contributed by atoms with van der Waals surface area (Å²) < 4.78 is 0. The summed E-state index contributed by atoms with van der Waals surface area (Å²) in [4.78, 5) is 17.9. The van der Waals surface area contributed by atoms with Crippen LogP contribution in [0.4, 0.5) is 0 Å². The topological polar surface area (TPSA) is 71.2 Å². The van der Waals surface area contributed by atoms with Gasteiger partial charge in [-0.15, -0.1) is 11.3 Å². The van der Waals surface area contributed by atoms with E-state index >= 15 is 0 Å². The maximum atomic E-state index is 11.5. The van der Waals surface area contributed by atoms with Gasteiger partial charge < -0.3 is 16.0 Å². The summed E-state index contributed by atoms with van der Waals surface area (Å²) in [6.07, 6.45) is 1.62. The van der Waals surface area contributed by atoms with Crippen LogP contribution in [0.3, 0.4) is 0 Å². The van der Waals surface area contributed by atoms with E-state index < -0.39 is 0 Å². The van der Waals surface area contributed by atoms with Crippen molar-refractivity contribution in [3.63, 3.8) is 0 Å². The molecule has 3 N–H and O–H groups in total. The van der Waals surface area contributed by atoms with Crippen LogP contribution in [0.15, 0.2) is 6.20 Å². The van der Waals surface area contributed by atoms with Gasteiger partial charge in [-0.3, -0.25) is 4.79 Å². The number of hydrogen-bond acceptors (Lipinski definition) is 5. The SMILES string of the molecule is CN(C)C(=O)c1cnc(CNCCN)s1. The molecule has 0 aliphatic carbocycles. The molecule has 1 amide bonds. The summed E-state index contributed by atoms with van der Waals surface area (Å²) in [5, 5.41) is 4.04. The van der Waals surface area contributed by atoms with E-state index in [-0.39, 0.29) is 5.91 Å². The molecule has 84 valence electrons. The first-order valence-corrected chi connectivity index (χ1v) is 5.54. The van der Waals surface area contributed by atoms with Gasteiger partial charge in [-0.1, -0.05) is 0 Å². The zero-order valence-electron chi connectivity index (χ0n) is 8.99. The molecule has 15 heavy (non-hydrogen) atoms. The molecule has 6 heteroatoms. The number of nitrogens with two attached hydrogens (primary N) is 1. The first kappa shape index (κ1) is 12.1. The summed E-state index contributed by atoms with van der Waals surface area (Å²) >= 11 is 1.41. The van der Waals surface area contributed by atoms with Crippen molar-refractivity contribution in [2.45, 2.75) is 6.54 Å². The van der Waals surface area contributed by atoms with E-state index in [9.17, 15) is 4.79 Å². The number of carbonyl (C=O) groups excluding carboxylic acids is 1. The molecular formula is C9H16N4OS. The minimum atomic E-state index is -0.00225. The van der Waals surface area contributed by atoms with Crippen LogP contribution < -0.4 is 11.1 Å². The van der Waals surface area contributed by atoms with E-state index in [4.69, 9.17) is 5.73 Å². The van der Waals surface area contributed by atoms with Crippen molar-refractivity contribution in [1.29, 1.82) is 0 Å². The quantitative estimate of drug-likeness (QED) is 0.690. The van der Waals surface area contributed by atoms with Gasteiger partial charge in [-0.2, -0.15) is 0 Å². The predicted octanol–water partition coefficient (Wildman–Crippen LogP) is -0.107. The Morgan fingerprint density at radius 1 is 1.67 bits per heavy atom. The maximum absolute atomic E-state index is 11.5. The number of thiazole rings is 1. The van der Waals surface area contributed by atoms with E-state index in [1.54, 1.807) is 25.2 Å². The minimum Gasteiger partial charge on any atom is -0.344 e. The second-order valence-electron chi connectivity index (χ2n) is 3.28. The van der Waals surface area contributed by atoms with Crippen LogP contribution >= 0.6 is 11.3 Å². The average Bonchev–Trinajstić information content (AvgIpc) is 2.65. The first-order chi connectivity index (χ1) is 7.15. The molecule has 0 aliphatic rings. The van der Waals surface area contributed by atoms with E-state index in [1.165, 1.54) is 11.3 Å². The largest absolute Gasteiger partial charge is 0.344 e. The highest BCUT2D eigenvalue weighted by atomic mass is 32.1. The van der Waals surface area contributed by atoms with Crippen LogP contribution in [0.25, 0.3) is 0 Å². The van der Waals surface area contributed by atoms with Crippen molar-refractivity contribution < 1.29 is 4.79 Å². The van der Waals surface area contributed by atoms with Gasteiger partial charge in [0.1, 0.15) is 9.88 Å². The number of aromatic nitrogens is 1. The lowest BCUT2D eigenvalue weighted by atomic mass is 10.5. The van der Waals surface area contributed by atoms with Crippen LogP contribution in [0.5, 0.6) is 0 Å². The van der Waals surface area contributed by atoms with Crippen LogP contribution in [0, 0.1) is 0 Å². The van der Waals surface area contributed by atoms with E-state index in [0.29, 0.717) is 18.0 Å². The molecule has 0 saturated carbocycles. The Hall–Kier alpha value is -0.980. The molecular weight excluding hydrogens is 212 g/mol. The standard InChI is InChI=1S/C9H16N4OS/c1-13(2)9(14)7-5-12-8(15-7)6-11-4-3-10/h5,11H,3-4,6,10H2,1-2H3. The number of nitrogens with zero attached hydrogens (tertiary/aromatic N) is 2. The van der Waals surface area contributed by atoms with Crippen LogP contribution in [-0.2, 0) is 6.54 Å². The molecule has 0 unspecified atom stereocenters. The predicted molar refractivity (Wildman–Crippen MR) is 60.9 cm³/mol. The number of carbonyl (C=O) groups is 1. The molecule has 0 aliphatic heterocycles. The highest BCUT2D eigenvalue weighted by Crippen LogP contribution is 2.13. The molecule has 1 heterocycles. The van der Waals surface area contributed by atoms with Gasteiger partial charge in [0.05, 0.1) is 6.20 Å². The van der Waals surface area contributed by atoms with Gasteiger partial charge in [0, 0.05) is 33.7 Å². The normalized spacial score (nSPS) is 10.3. The molecule has 0 saturated heterocycles. The molecule has 1 aromatic rings. The lowest BCUT2D eigenvalue weighted by Crippen LogP contribution is -2.21. The van der Waals surface area contributed by atoms with Crippen molar-refractivity contribution in [3.8, 4) is 0 Å². The highest BCUT2D eigenvalue weighted by molar-refractivity contribution is 7.13.